The molecule has 0 aromatic carbocycles. The van der Waals surface area contributed by atoms with Crippen LogP contribution in [0.25, 0.3) is 0 Å². The van der Waals surface area contributed by atoms with Crippen molar-refractivity contribution in [1.29, 1.82) is 0 Å². The number of aromatic amines is 2. The van der Waals surface area contributed by atoms with E-state index in [1.54, 1.807) is 0 Å². The summed E-state index contributed by atoms with van der Waals surface area (Å²) >= 11 is 0. The van der Waals surface area contributed by atoms with E-state index in [1.165, 1.54) is 12.4 Å². The Morgan fingerprint density at radius 3 is 2.86 bits per heavy atom. The summed E-state index contributed by atoms with van der Waals surface area (Å²) in [7, 11) is 0. The fraction of sp³-hybridized carbons (Fsp3) is 0.455. The summed E-state index contributed by atoms with van der Waals surface area (Å²) in [5.74, 6) is 0.204. The highest BCUT2D eigenvalue weighted by Crippen LogP contribution is 2.28. The molecule has 4 N–H and O–H groups in total. The zero-order valence-corrected chi connectivity index (χ0v) is 11.1. The molecule has 11 nitrogen and oxygen atoms in total. The molecule has 3 heterocycles. The Balaban J connectivity index is 1.74. The summed E-state index contributed by atoms with van der Waals surface area (Å²) < 4.78 is 11.7. The van der Waals surface area contributed by atoms with E-state index in [9.17, 15) is 19.8 Å². The number of rotatable bonds is 4. The molecule has 2 aromatic rings. The van der Waals surface area contributed by atoms with Crippen LogP contribution >= 0.6 is 0 Å². The summed E-state index contributed by atoms with van der Waals surface area (Å²) in [5, 5.41) is 29.5. The zero-order chi connectivity index (χ0) is 15.7. The van der Waals surface area contributed by atoms with Crippen LogP contribution in [0.2, 0.25) is 0 Å². The maximum Gasteiger partial charge on any atom is 0.330 e. The molecule has 11 heteroatoms. The maximum atomic E-state index is 11.7. The van der Waals surface area contributed by atoms with Gasteiger partial charge >= 0.3 is 5.69 Å². The molecule has 1 aliphatic heterocycles. The lowest BCUT2D eigenvalue weighted by Crippen LogP contribution is -2.37. The molecular formula is C11H13N5O6. The monoisotopic (exact) mass is 311 g/mol. The number of nitrogens with one attached hydrogen (secondary N) is 2. The van der Waals surface area contributed by atoms with E-state index < -0.39 is 35.8 Å². The maximum absolute atomic E-state index is 11.7. The molecule has 1 fully saturated rings. The average Bonchev–Trinajstić information content (AvgIpc) is 3.08. The predicted octanol–water partition coefficient (Wildman–Crippen LogP) is -2.65. The fourth-order valence-electron chi connectivity index (χ4n) is 2.15. The second kappa shape index (κ2) is 5.71. The molecule has 0 saturated carbocycles. The Hall–Kier alpha value is -2.50. The zero-order valence-electron chi connectivity index (χ0n) is 11.1. The number of ether oxygens (including phenoxy) is 2. The van der Waals surface area contributed by atoms with Gasteiger partial charge in [-0.2, -0.15) is 0 Å². The van der Waals surface area contributed by atoms with Crippen molar-refractivity contribution in [1.82, 2.24) is 25.0 Å². The first kappa shape index (κ1) is 14.4. The number of aliphatic hydroxyl groups is 2. The molecule has 1 aliphatic rings. The van der Waals surface area contributed by atoms with E-state index in [4.69, 9.17) is 9.47 Å². The molecule has 22 heavy (non-hydrogen) atoms. The molecule has 0 amide bonds. The van der Waals surface area contributed by atoms with Crippen LogP contribution in [-0.4, -0.2) is 60.1 Å². The lowest BCUT2D eigenvalue weighted by atomic mass is 10.1. The third-order valence-electron chi connectivity index (χ3n) is 3.25. The first-order valence-electron chi connectivity index (χ1n) is 6.38. The molecule has 0 bridgehead atoms. The molecule has 1 saturated heterocycles. The van der Waals surface area contributed by atoms with Gasteiger partial charge in [0.05, 0.1) is 6.20 Å². The topological polar surface area (TPSA) is 155 Å². The Labute approximate surface area is 122 Å². The molecule has 3 rings (SSSR count). The highest BCUT2D eigenvalue weighted by molar-refractivity contribution is 4.99. The van der Waals surface area contributed by atoms with Crippen LogP contribution in [-0.2, 0) is 4.74 Å². The highest BCUT2D eigenvalue weighted by Gasteiger charge is 2.44. The summed E-state index contributed by atoms with van der Waals surface area (Å²) in [4.78, 5) is 24.8. The van der Waals surface area contributed by atoms with Gasteiger partial charge in [0, 0.05) is 12.3 Å². The van der Waals surface area contributed by atoms with Crippen molar-refractivity contribution >= 4 is 0 Å². The average molecular weight is 311 g/mol. The fourth-order valence-corrected chi connectivity index (χ4v) is 2.15. The first-order valence-corrected chi connectivity index (χ1v) is 6.38. The van der Waals surface area contributed by atoms with E-state index >= 15 is 0 Å². The SMILES string of the molecule is O=c1ccn([C@@H]2O[C@H](COc3c[nH]nn3)[C@@H](O)[C@H]2O)c(=O)[nH]1. The number of aromatic nitrogens is 5. The van der Waals surface area contributed by atoms with Crippen molar-refractivity contribution in [2.75, 3.05) is 6.61 Å². The van der Waals surface area contributed by atoms with Crippen molar-refractivity contribution in [3.63, 3.8) is 0 Å². The van der Waals surface area contributed by atoms with Gasteiger partial charge in [-0.1, -0.05) is 10.3 Å². The summed E-state index contributed by atoms with van der Waals surface area (Å²) in [5.41, 5.74) is -1.32. The van der Waals surface area contributed by atoms with Crippen molar-refractivity contribution in [3.05, 3.63) is 39.3 Å². The van der Waals surface area contributed by atoms with Gasteiger partial charge in [-0.15, -0.1) is 0 Å². The van der Waals surface area contributed by atoms with E-state index in [0.29, 0.717) is 0 Å². The molecule has 118 valence electrons. The van der Waals surface area contributed by atoms with Crippen molar-refractivity contribution in [2.45, 2.75) is 24.5 Å². The van der Waals surface area contributed by atoms with Crippen LogP contribution in [0.15, 0.2) is 28.0 Å². The molecule has 0 radical (unpaired) electrons. The third kappa shape index (κ3) is 2.64. The second-order valence-electron chi connectivity index (χ2n) is 4.69. The molecule has 4 atom stereocenters. The molecule has 2 aromatic heterocycles. The number of H-pyrrole nitrogens is 2. The van der Waals surface area contributed by atoms with Gasteiger partial charge in [0.1, 0.15) is 24.9 Å². The van der Waals surface area contributed by atoms with Gasteiger partial charge in [-0.25, -0.2) is 4.79 Å². The van der Waals surface area contributed by atoms with Crippen LogP contribution < -0.4 is 16.0 Å². The van der Waals surface area contributed by atoms with E-state index in [2.05, 4.69) is 15.4 Å². The molecular weight excluding hydrogens is 298 g/mol. The van der Waals surface area contributed by atoms with Crippen LogP contribution in [0.1, 0.15) is 6.23 Å². The highest BCUT2D eigenvalue weighted by atomic mass is 16.6. The predicted molar refractivity (Wildman–Crippen MR) is 69.1 cm³/mol. The van der Waals surface area contributed by atoms with Gasteiger partial charge in [0.15, 0.2) is 6.23 Å². The Morgan fingerprint density at radius 2 is 2.18 bits per heavy atom. The Bertz CT molecular complexity index is 740. The van der Waals surface area contributed by atoms with Gasteiger partial charge < -0.3 is 19.7 Å². The normalized spacial score (nSPS) is 27.9. The lowest BCUT2D eigenvalue weighted by Gasteiger charge is -2.16. The first-order chi connectivity index (χ1) is 10.6. The largest absolute Gasteiger partial charge is 0.473 e. The molecule has 0 unspecified atom stereocenters. The minimum absolute atomic E-state index is 0.0979. The molecule has 0 aliphatic carbocycles. The minimum Gasteiger partial charge on any atom is -0.473 e. The second-order valence-corrected chi connectivity index (χ2v) is 4.69. The van der Waals surface area contributed by atoms with E-state index in [0.717, 1.165) is 10.6 Å². The van der Waals surface area contributed by atoms with Crippen LogP contribution in [0.5, 0.6) is 5.88 Å². The van der Waals surface area contributed by atoms with Crippen molar-refractivity contribution in [2.24, 2.45) is 0 Å². The van der Waals surface area contributed by atoms with Gasteiger partial charge in [0.25, 0.3) is 11.4 Å². The summed E-state index contributed by atoms with van der Waals surface area (Å²) in [6, 6.07) is 1.11. The Kier molecular flexibility index (Phi) is 3.75. The van der Waals surface area contributed by atoms with E-state index in [1.807, 2.05) is 4.98 Å². The smallest absolute Gasteiger partial charge is 0.330 e. The lowest BCUT2D eigenvalue weighted by molar-refractivity contribution is -0.0520. The summed E-state index contributed by atoms with van der Waals surface area (Å²) in [6.45, 7) is -0.0979. The number of hydrogen-bond donors (Lipinski definition) is 4. The van der Waals surface area contributed by atoms with Gasteiger partial charge in [-0.3, -0.25) is 19.4 Å². The third-order valence-corrected chi connectivity index (χ3v) is 3.25. The van der Waals surface area contributed by atoms with Crippen LogP contribution in [0.4, 0.5) is 0 Å². The van der Waals surface area contributed by atoms with Crippen LogP contribution in [0, 0.1) is 0 Å². The van der Waals surface area contributed by atoms with E-state index in [-0.39, 0.29) is 12.5 Å². The van der Waals surface area contributed by atoms with Crippen molar-refractivity contribution < 1.29 is 19.7 Å². The number of nitrogens with zero attached hydrogens (tertiary/aromatic N) is 3. The van der Waals surface area contributed by atoms with Crippen LogP contribution in [0.3, 0.4) is 0 Å². The molecule has 0 spiro atoms. The Morgan fingerprint density at radius 1 is 1.36 bits per heavy atom. The quantitative estimate of drug-likeness (QED) is 0.477. The number of hydrogen-bond acceptors (Lipinski definition) is 8. The van der Waals surface area contributed by atoms with Gasteiger partial charge in [0.2, 0.25) is 0 Å². The van der Waals surface area contributed by atoms with Crippen molar-refractivity contribution in [3.8, 4) is 5.88 Å². The minimum atomic E-state index is -1.35. The number of aliphatic hydroxyl groups excluding tert-OH is 2. The standard InChI is InChI=1S/C11H13N5O6/c17-6-1-2-16(11(20)13-6)10-9(19)8(18)5(22-10)4-21-7-3-12-15-14-7/h1-3,5,8-10,18-19H,4H2,(H,12,14,15)(H,13,17,20)/t5-,8-,9-,10-/m1/s1. The van der Waals surface area contributed by atoms with Gasteiger partial charge in [-0.05, 0) is 0 Å². The summed E-state index contributed by atoms with van der Waals surface area (Å²) in [6.07, 6.45) is -2.05.